The number of aryl methyl sites for hydroxylation is 3. The van der Waals surface area contributed by atoms with Crippen LogP contribution >= 0.6 is 0 Å². The highest BCUT2D eigenvalue weighted by Gasteiger charge is 2.26. The van der Waals surface area contributed by atoms with Crippen molar-refractivity contribution in [3.05, 3.63) is 40.8 Å². The molecule has 33 heavy (non-hydrogen) atoms. The molecule has 180 valence electrons. The molecular weight excluding hydrogens is 412 g/mol. The van der Waals surface area contributed by atoms with Crippen molar-refractivity contribution < 1.29 is 9.21 Å². The van der Waals surface area contributed by atoms with Crippen LogP contribution in [-0.2, 0) is 11.3 Å². The monoisotopic (exact) mass is 452 g/mol. The molecule has 0 aliphatic carbocycles. The lowest BCUT2D eigenvalue weighted by Crippen LogP contribution is -2.41. The predicted molar refractivity (Wildman–Crippen MR) is 132 cm³/mol. The Morgan fingerprint density at radius 1 is 1.06 bits per heavy atom. The van der Waals surface area contributed by atoms with Crippen molar-refractivity contribution in [3.8, 4) is 11.5 Å². The number of benzene rings is 1. The Balaban J connectivity index is 1.21. The zero-order valence-corrected chi connectivity index (χ0v) is 20.7. The third-order valence-corrected chi connectivity index (χ3v) is 7.25. The number of carbonyl (C=O) groups is 1. The quantitative estimate of drug-likeness (QED) is 0.599. The maximum absolute atomic E-state index is 12.6. The fourth-order valence-electron chi connectivity index (χ4n) is 5.06. The third kappa shape index (κ3) is 6.45. The molecule has 2 saturated heterocycles. The fourth-order valence-corrected chi connectivity index (χ4v) is 5.06. The van der Waals surface area contributed by atoms with Gasteiger partial charge in [-0.15, -0.1) is 0 Å². The Morgan fingerprint density at radius 3 is 2.58 bits per heavy atom. The van der Waals surface area contributed by atoms with Gasteiger partial charge in [0.15, 0.2) is 0 Å². The average Bonchev–Trinajstić information content (AvgIpc) is 3.19. The summed E-state index contributed by atoms with van der Waals surface area (Å²) in [5.74, 6) is 1.98. The second-order valence-electron chi connectivity index (χ2n) is 9.94. The molecule has 3 heterocycles. The van der Waals surface area contributed by atoms with Crippen molar-refractivity contribution in [2.75, 3.05) is 39.3 Å². The fraction of sp³-hybridized carbons (Fsp3) is 0.630. The van der Waals surface area contributed by atoms with E-state index in [0.29, 0.717) is 5.89 Å². The van der Waals surface area contributed by atoms with Crippen LogP contribution in [0.2, 0.25) is 0 Å². The van der Waals surface area contributed by atoms with Gasteiger partial charge < -0.3 is 14.6 Å². The molecule has 2 aliphatic heterocycles. The summed E-state index contributed by atoms with van der Waals surface area (Å²) < 4.78 is 6.03. The van der Waals surface area contributed by atoms with E-state index in [2.05, 4.69) is 47.2 Å². The van der Waals surface area contributed by atoms with Crippen molar-refractivity contribution in [2.45, 2.75) is 65.8 Å². The van der Waals surface area contributed by atoms with Crippen LogP contribution in [0.1, 0.15) is 61.1 Å². The predicted octanol–water partition coefficient (Wildman–Crippen LogP) is 4.47. The summed E-state index contributed by atoms with van der Waals surface area (Å²) in [6.45, 7) is 13.2. The molecular formula is C27H40N4O2. The summed E-state index contributed by atoms with van der Waals surface area (Å²) in [6, 6.07) is 6.37. The minimum absolute atomic E-state index is 0.139. The maximum atomic E-state index is 12.6. The standard InChI is InChI=1S/C27H40N4O2/c1-20-8-9-21(2)24(18-20)27-29-25(22(3)33-27)19-31-16-10-23(11-17-31)26(32)28-12-7-15-30-13-5-4-6-14-30/h8-9,18,23H,4-7,10-17,19H2,1-3H3,(H,28,32). The molecule has 2 aliphatic rings. The summed E-state index contributed by atoms with van der Waals surface area (Å²) in [6.07, 6.45) is 6.91. The number of piperidine rings is 2. The second kappa shape index (κ2) is 11.3. The van der Waals surface area contributed by atoms with E-state index in [1.165, 1.54) is 43.5 Å². The molecule has 0 saturated carbocycles. The van der Waals surface area contributed by atoms with E-state index in [1.54, 1.807) is 0 Å². The highest BCUT2D eigenvalue weighted by molar-refractivity contribution is 5.78. The van der Waals surface area contributed by atoms with Crippen molar-refractivity contribution in [3.63, 3.8) is 0 Å². The first-order valence-corrected chi connectivity index (χ1v) is 12.8. The number of nitrogens with zero attached hydrogens (tertiary/aromatic N) is 3. The van der Waals surface area contributed by atoms with E-state index in [4.69, 9.17) is 9.40 Å². The topological polar surface area (TPSA) is 61.6 Å². The SMILES string of the molecule is Cc1ccc(C)c(-c2nc(CN3CCC(C(=O)NCCCN4CCCCC4)CC3)c(C)o2)c1. The molecule has 0 radical (unpaired) electrons. The van der Waals surface area contributed by atoms with Crippen LogP contribution in [0, 0.1) is 26.7 Å². The second-order valence-corrected chi connectivity index (χ2v) is 9.94. The van der Waals surface area contributed by atoms with Crippen LogP contribution in [0.5, 0.6) is 0 Å². The molecule has 0 atom stereocenters. The van der Waals surface area contributed by atoms with E-state index in [0.717, 1.165) is 69.0 Å². The summed E-state index contributed by atoms with van der Waals surface area (Å²) >= 11 is 0. The Morgan fingerprint density at radius 2 is 1.82 bits per heavy atom. The average molecular weight is 453 g/mol. The van der Waals surface area contributed by atoms with Gasteiger partial charge in [-0.1, -0.05) is 24.1 Å². The van der Waals surface area contributed by atoms with Crippen molar-refractivity contribution in [1.82, 2.24) is 20.1 Å². The normalized spacial score (nSPS) is 18.5. The van der Waals surface area contributed by atoms with Crippen LogP contribution in [0.15, 0.2) is 22.6 Å². The zero-order chi connectivity index (χ0) is 23.2. The minimum atomic E-state index is 0.139. The zero-order valence-electron chi connectivity index (χ0n) is 20.7. The molecule has 1 N–H and O–H groups in total. The van der Waals surface area contributed by atoms with Crippen molar-refractivity contribution >= 4 is 5.91 Å². The Kier molecular flexibility index (Phi) is 8.20. The molecule has 0 bridgehead atoms. The van der Waals surface area contributed by atoms with Gasteiger partial charge in [-0.05, 0) is 97.2 Å². The van der Waals surface area contributed by atoms with E-state index in [1.807, 2.05) is 6.92 Å². The van der Waals surface area contributed by atoms with Gasteiger partial charge in [0.1, 0.15) is 5.76 Å². The summed E-state index contributed by atoms with van der Waals surface area (Å²) in [5, 5.41) is 3.19. The number of hydrogen-bond acceptors (Lipinski definition) is 5. The summed E-state index contributed by atoms with van der Waals surface area (Å²) in [7, 11) is 0. The largest absolute Gasteiger partial charge is 0.441 e. The molecule has 4 rings (SSSR count). The lowest BCUT2D eigenvalue weighted by atomic mass is 9.95. The number of rotatable bonds is 8. The van der Waals surface area contributed by atoms with Gasteiger partial charge in [0.25, 0.3) is 0 Å². The molecule has 2 fully saturated rings. The van der Waals surface area contributed by atoms with E-state index in [9.17, 15) is 4.79 Å². The maximum Gasteiger partial charge on any atom is 0.226 e. The molecule has 1 aromatic carbocycles. The van der Waals surface area contributed by atoms with Gasteiger partial charge in [-0.25, -0.2) is 4.98 Å². The third-order valence-electron chi connectivity index (χ3n) is 7.25. The minimum Gasteiger partial charge on any atom is -0.441 e. The molecule has 1 aromatic heterocycles. The highest BCUT2D eigenvalue weighted by Crippen LogP contribution is 2.27. The molecule has 0 unspecified atom stereocenters. The number of aromatic nitrogens is 1. The Bertz CT molecular complexity index is 924. The van der Waals surface area contributed by atoms with E-state index < -0.39 is 0 Å². The molecule has 6 nitrogen and oxygen atoms in total. The van der Waals surface area contributed by atoms with Crippen molar-refractivity contribution in [1.29, 1.82) is 0 Å². The first-order valence-electron chi connectivity index (χ1n) is 12.8. The van der Waals surface area contributed by atoms with E-state index in [-0.39, 0.29) is 11.8 Å². The highest BCUT2D eigenvalue weighted by atomic mass is 16.4. The smallest absolute Gasteiger partial charge is 0.226 e. The number of nitrogens with one attached hydrogen (secondary N) is 1. The Labute approximate surface area is 198 Å². The van der Waals surface area contributed by atoms with Crippen molar-refractivity contribution in [2.24, 2.45) is 5.92 Å². The molecule has 6 heteroatoms. The lowest BCUT2D eigenvalue weighted by Gasteiger charge is -2.31. The van der Waals surface area contributed by atoms with Gasteiger partial charge in [0.05, 0.1) is 5.69 Å². The van der Waals surface area contributed by atoms with Crippen LogP contribution in [0.25, 0.3) is 11.5 Å². The number of carbonyl (C=O) groups excluding carboxylic acids is 1. The van der Waals surface area contributed by atoms with Crippen LogP contribution in [0.3, 0.4) is 0 Å². The van der Waals surface area contributed by atoms with Gasteiger partial charge >= 0.3 is 0 Å². The lowest BCUT2D eigenvalue weighted by molar-refractivity contribution is -0.126. The summed E-state index contributed by atoms with van der Waals surface area (Å²) in [5.41, 5.74) is 4.46. The van der Waals surface area contributed by atoms with Gasteiger partial charge in [-0.3, -0.25) is 9.69 Å². The molecule has 0 spiro atoms. The molecule has 1 amide bonds. The van der Waals surface area contributed by atoms with Gasteiger partial charge in [0, 0.05) is 24.6 Å². The first-order chi connectivity index (χ1) is 16.0. The van der Waals surface area contributed by atoms with Crippen LogP contribution < -0.4 is 5.32 Å². The number of likely N-dealkylation sites (tertiary alicyclic amines) is 2. The first kappa shape index (κ1) is 24.0. The van der Waals surface area contributed by atoms with Crippen LogP contribution in [-0.4, -0.2) is 60.0 Å². The number of hydrogen-bond donors (Lipinski definition) is 1. The van der Waals surface area contributed by atoms with Crippen LogP contribution in [0.4, 0.5) is 0 Å². The number of amides is 1. The number of oxazole rings is 1. The summed E-state index contributed by atoms with van der Waals surface area (Å²) in [4.78, 5) is 22.4. The molecule has 2 aromatic rings. The van der Waals surface area contributed by atoms with E-state index >= 15 is 0 Å². The van der Waals surface area contributed by atoms with Gasteiger partial charge in [0.2, 0.25) is 11.8 Å². The Hall–Kier alpha value is -2.18. The van der Waals surface area contributed by atoms with Gasteiger partial charge in [-0.2, -0.15) is 0 Å².